The van der Waals surface area contributed by atoms with Crippen molar-refractivity contribution in [2.75, 3.05) is 29.4 Å². The number of sulfonamides is 1. The summed E-state index contributed by atoms with van der Waals surface area (Å²) in [7, 11) is -3.81. The van der Waals surface area contributed by atoms with Crippen LogP contribution in [-0.4, -0.2) is 54.6 Å². The third-order valence-electron chi connectivity index (χ3n) is 7.24. The Bertz CT molecular complexity index is 1670. The van der Waals surface area contributed by atoms with Crippen molar-refractivity contribution in [1.29, 1.82) is 0 Å². The Kier molecular flexibility index (Phi) is 6.19. The van der Waals surface area contributed by atoms with Gasteiger partial charge in [-0.05, 0) is 55.3 Å². The van der Waals surface area contributed by atoms with Crippen LogP contribution < -0.4 is 20.3 Å². The van der Waals surface area contributed by atoms with E-state index in [-0.39, 0.29) is 22.9 Å². The maximum absolute atomic E-state index is 14.5. The second-order valence-electron chi connectivity index (χ2n) is 9.76. The molecule has 2 aliphatic heterocycles. The first kappa shape index (κ1) is 25.2. The normalized spacial score (nSPS) is 18.0. The molecule has 3 aromatic heterocycles. The van der Waals surface area contributed by atoms with E-state index in [0.717, 1.165) is 24.2 Å². The van der Waals surface area contributed by atoms with E-state index in [0.29, 0.717) is 48.5 Å². The number of rotatable bonds is 6. The first-order chi connectivity index (χ1) is 18.7. The van der Waals surface area contributed by atoms with E-state index in [1.807, 2.05) is 21.9 Å². The lowest BCUT2D eigenvalue weighted by Gasteiger charge is -2.40. The lowest BCUT2D eigenvalue weighted by molar-refractivity contribution is 0.0931. The Hall–Kier alpha value is -4.10. The number of hydrogen-bond acceptors (Lipinski definition) is 7. The van der Waals surface area contributed by atoms with Crippen molar-refractivity contribution in [2.45, 2.75) is 29.8 Å². The van der Waals surface area contributed by atoms with E-state index in [4.69, 9.17) is 5.14 Å². The molecule has 2 fully saturated rings. The molecule has 1 aromatic carbocycles. The van der Waals surface area contributed by atoms with Crippen molar-refractivity contribution in [1.82, 2.24) is 19.9 Å². The molecule has 1 amide bonds. The number of halogens is 2. The molecule has 39 heavy (non-hydrogen) atoms. The number of nitrogens with two attached hydrogens (primary N) is 1. The summed E-state index contributed by atoms with van der Waals surface area (Å²) in [6, 6.07) is 9.76. The molecule has 0 radical (unpaired) electrons. The van der Waals surface area contributed by atoms with Crippen molar-refractivity contribution in [2.24, 2.45) is 5.14 Å². The molecule has 0 spiro atoms. The van der Waals surface area contributed by atoms with E-state index in [2.05, 4.69) is 15.4 Å². The van der Waals surface area contributed by atoms with E-state index in [1.54, 1.807) is 16.8 Å². The van der Waals surface area contributed by atoms with Gasteiger partial charge in [0.05, 0.1) is 29.4 Å². The molecule has 5 heterocycles. The molecule has 2 aliphatic rings. The van der Waals surface area contributed by atoms with Crippen LogP contribution in [0.1, 0.15) is 34.8 Å². The number of aromatic nitrogens is 3. The van der Waals surface area contributed by atoms with Gasteiger partial charge in [-0.2, -0.15) is 5.10 Å². The van der Waals surface area contributed by atoms with Gasteiger partial charge in [-0.1, -0.05) is 0 Å². The fourth-order valence-corrected chi connectivity index (χ4v) is 5.70. The lowest BCUT2D eigenvalue weighted by atomic mass is 10.0. The number of hydrogen-bond donors (Lipinski definition) is 2. The van der Waals surface area contributed by atoms with Crippen molar-refractivity contribution >= 4 is 33.0 Å². The quantitative estimate of drug-likeness (QED) is 0.376. The monoisotopic (exact) mass is 553 g/mol. The first-order valence-corrected chi connectivity index (χ1v) is 14.0. The standard InChI is InChI=1S/C26H25F2N7O3S/c27-16-3-5-22(28)20(10-16)23-2-1-8-34(23)18-7-9-35-24(11-18)21(13-31-35)26(36)32-17-14-33(15-17)25-6-4-19(12-30-25)39(29,37)38/h3-7,9-13,17,23H,1-2,8,14-15H2,(H,32,36)(H2,29,37,38). The third kappa shape index (κ3) is 4.79. The van der Waals surface area contributed by atoms with Crippen molar-refractivity contribution in [3.05, 3.63) is 83.8 Å². The van der Waals surface area contributed by atoms with Crippen LogP contribution >= 0.6 is 0 Å². The molecule has 10 nitrogen and oxygen atoms in total. The number of anilines is 2. The number of pyridine rings is 2. The molecule has 4 aromatic rings. The average molecular weight is 554 g/mol. The van der Waals surface area contributed by atoms with Gasteiger partial charge in [-0.3, -0.25) is 4.79 Å². The number of nitrogens with zero attached hydrogens (tertiary/aromatic N) is 5. The summed E-state index contributed by atoms with van der Waals surface area (Å²) in [4.78, 5) is 21.2. The predicted molar refractivity (Wildman–Crippen MR) is 140 cm³/mol. The molecule has 2 saturated heterocycles. The fraction of sp³-hybridized carbons (Fsp3) is 0.269. The maximum atomic E-state index is 14.5. The Morgan fingerprint density at radius 2 is 1.90 bits per heavy atom. The van der Waals surface area contributed by atoms with E-state index < -0.39 is 21.7 Å². The first-order valence-electron chi connectivity index (χ1n) is 12.4. The van der Waals surface area contributed by atoms with Gasteiger partial charge in [0, 0.05) is 43.3 Å². The Balaban J connectivity index is 1.16. The van der Waals surface area contributed by atoms with Gasteiger partial charge in [0.1, 0.15) is 22.3 Å². The molecule has 6 rings (SSSR count). The number of fused-ring (bicyclic) bond motifs is 1. The predicted octanol–water partition coefficient (Wildman–Crippen LogP) is 2.62. The minimum Gasteiger partial charge on any atom is -0.364 e. The molecular formula is C26H25F2N7O3S. The van der Waals surface area contributed by atoms with Crippen LogP contribution in [0.25, 0.3) is 5.52 Å². The molecule has 0 bridgehead atoms. The smallest absolute Gasteiger partial charge is 0.255 e. The summed E-state index contributed by atoms with van der Waals surface area (Å²) in [6.07, 6.45) is 5.99. The van der Waals surface area contributed by atoms with Crippen molar-refractivity contribution < 1.29 is 22.0 Å². The van der Waals surface area contributed by atoms with Crippen LogP contribution in [-0.2, 0) is 10.0 Å². The van der Waals surface area contributed by atoms with Gasteiger partial charge in [-0.15, -0.1) is 0 Å². The Morgan fingerprint density at radius 3 is 2.64 bits per heavy atom. The van der Waals surface area contributed by atoms with Gasteiger partial charge in [0.25, 0.3) is 5.91 Å². The van der Waals surface area contributed by atoms with E-state index >= 15 is 0 Å². The number of nitrogens with one attached hydrogen (secondary N) is 1. The SMILES string of the molecule is NS(=O)(=O)c1ccc(N2CC(NC(=O)c3cnn4ccc(N5CCCC5c5cc(F)ccc5F)cc34)C2)nc1. The van der Waals surface area contributed by atoms with Crippen LogP contribution in [0, 0.1) is 11.6 Å². The van der Waals surface area contributed by atoms with Crippen LogP contribution in [0.4, 0.5) is 20.3 Å². The van der Waals surface area contributed by atoms with Crippen LogP contribution in [0.3, 0.4) is 0 Å². The van der Waals surface area contributed by atoms with Gasteiger partial charge >= 0.3 is 0 Å². The largest absolute Gasteiger partial charge is 0.364 e. The summed E-state index contributed by atoms with van der Waals surface area (Å²) in [5.74, 6) is -0.611. The third-order valence-corrected chi connectivity index (χ3v) is 8.14. The minimum absolute atomic E-state index is 0.0644. The van der Waals surface area contributed by atoms with Crippen molar-refractivity contribution in [3.8, 4) is 0 Å². The zero-order valence-electron chi connectivity index (χ0n) is 20.7. The maximum Gasteiger partial charge on any atom is 0.255 e. The van der Waals surface area contributed by atoms with Crippen LogP contribution in [0.15, 0.2) is 66.0 Å². The number of amides is 1. The number of carbonyl (C=O) groups is 1. The summed E-state index contributed by atoms with van der Waals surface area (Å²) < 4.78 is 52.9. The van der Waals surface area contributed by atoms with Gasteiger partial charge < -0.3 is 15.1 Å². The molecule has 13 heteroatoms. The van der Waals surface area contributed by atoms with Gasteiger partial charge in [0.2, 0.25) is 10.0 Å². The fourth-order valence-electron chi connectivity index (χ4n) is 5.24. The highest BCUT2D eigenvalue weighted by molar-refractivity contribution is 7.89. The number of primary sulfonamides is 1. The Morgan fingerprint density at radius 1 is 1.08 bits per heavy atom. The van der Waals surface area contributed by atoms with Gasteiger partial charge in [0.15, 0.2) is 0 Å². The van der Waals surface area contributed by atoms with Crippen LogP contribution in [0.2, 0.25) is 0 Å². The number of benzene rings is 1. The molecule has 3 N–H and O–H groups in total. The Labute approximate surface area is 223 Å². The second kappa shape index (κ2) is 9.58. The minimum atomic E-state index is -3.81. The lowest BCUT2D eigenvalue weighted by Crippen LogP contribution is -2.59. The molecule has 0 saturated carbocycles. The highest BCUT2D eigenvalue weighted by Gasteiger charge is 2.31. The summed E-state index contributed by atoms with van der Waals surface area (Å²) in [5, 5.41) is 12.4. The zero-order chi connectivity index (χ0) is 27.3. The molecule has 202 valence electrons. The van der Waals surface area contributed by atoms with Crippen LogP contribution in [0.5, 0.6) is 0 Å². The summed E-state index contributed by atoms with van der Waals surface area (Å²) in [5.41, 5.74) is 2.12. The summed E-state index contributed by atoms with van der Waals surface area (Å²) in [6.45, 7) is 1.69. The summed E-state index contributed by atoms with van der Waals surface area (Å²) >= 11 is 0. The van der Waals surface area contributed by atoms with Gasteiger partial charge in [-0.25, -0.2) is 31.8 Å². The highest BCUT2D eigenvalue weighted by Crippen LogP contribution is 2.38. The second-order valence-corrected chi connectivity index (χ2v) is 11.3. The van der Waals surface area contributed by atoms with Crippen molar-refractivity contribution in [3.63, 3.8) is 0 Å². The molecule has 1 unspecified atom stereocenters. The molecular weight excluding hydrogens is 528 g/mol. The zero-order valence-corrected chi connectivity index (χ0v) is 21.5. The van der Waals surface area contributed by atoms with E-state index in [1.165, 1.54) is 24.5 Å². The average Bonchev–Trinajstić information content (AvgIpc) is 3.54. The number of carbonyl (C=O) groups excluding carboxylic acids is 1. The highest BCUT2D eigenvalue weighted by atomic mass is 32.2. The van der Waals surface area contributed by atoms with E-state index in [9.17, 15) is 22.0 Å². The topological polar surface area (TPSA) is 126 Å². The molecule has 0 aliphatic carbocycles. The molecule has 1 atom stereocenters.